The number of carbonyl (C=O) groups excluding carboxylic acids is 3. The van der Waals surface area contributed by atoms with Crippen molar-refractivity contribution in [3.05, 3.63) is 80.7 Å². The number of anilines is 2. The highest BCUT2D eigenvalue weighted by molar-refractivity contribution is 6.43. The molecule has 0 saturated heterocycles. The van der Waals surface area contributed by atoms with Crippen LogP contribution in [0.3, 0.4) is 0 Å². The van der Waals surface area contributed by atoms with Gasteiger partial charge >= 0.3 is 5.97 Å². The minimum atomic E-state index is -1.74. The molecule has 36 heavy (non-hydrogen) atoms. The van der Waals surface area contributed by atoms with Crippen LogP contribution < -0.4 is 15.5 Å². The van der Waals surface area contributed by atoms with E-state index >= 15 is 0 Å². The third kappa shape index (κ3) is 3.09. The molecular formula is C27H25Cl2N3O4. The van der Waals surface area contributed by atoms with Gasteiger partial charge in [-0.3, -0.25) is 14.5 Å². The van der Waals surface area contributed by atoms with Gasteiger partial charge in [0.1, 0.15) is 16.8 Å². The van der Waals surface area contributed by atoms with E-state index in [4.69, 9.17) is 33.7 Å². The summed E-state index contributed by atoms with van der Waals surface area (Å²) in [6, 6.07) is 12.2. The molecule has 2 aromatic rings. The number of likely N-dealkylation sites (N-methyl/N-ethyl adjacent to an activating group) is 1. The highest BCUT2D eigenvalue weighted by Crippen LogP contribution is 2.59. The predicted molar refractivity (Wildman–Crippen MR) is 139 cm³/mol. The lowest BCUT2D eigenvalue weighted by molar-refractivity contribution is -0.138. The highest BCUT2D eigenvalue weighted by Gasteiger charge is 2.64. The zero-order chi connectivity index (χ0) is 26.2. The average Bonchev–Trinajstić information content (AvgIpc) is 3.03. The summed E-state index contributed by atoms with van der Waals surface area (Å²) in [5, 5.41) is 0.493. The van der Waals surface area contributed by atoms with E-state index in [9.17, 15) is 14.4 Å². The maximum Gasteiger partial charge on any atom is 0.339 e. The van der Waals surface area contributed by atoms with E-state index < -0.39 is 22.7 Å². The van der Waals surface area contributed by atoms with Gasteiger partial charge in [-0.15, -0.1) is 0 Å². The van der Waals surface area contributed by atoms with E-state index in [0.717, 1.165) is 0 Å². The number of halogens is 2. The fourth-order valence-electron chi connectivity index (χ4n) is 5.82. The first-order valence-corrected chi connectivity index (χ1v) is 12.2. The molecule has 1 atom stereocenters. The van der Waals surface area contributed by atoms with Crippen molar-refractivity contribution in [2.75, 3.05) is 24.0 Å². The Balaban J connectivity index is 1.97. The van der Waals surface area contributed by atoms with Crippen LogP contribution in [0.25, 0.3) is 0 Å². The fourth-order valence-corrected chi connectivity index (χ4v) is 6.20. The number of hydrogen-bond acceptors (Lipinski definition) is 6. The second-order valence-electron chi connectivity index (χ2n) is 10.1. The number of methoxy groups -OCH3 is 1. The number of nitrogens with two attached hydrogens (primary N) is 1. The number of Topliss-reactive ketones (excluding diaryl/α,β-unsaturated/α-hetero) is 1. The minimum Gasteiger partial charge on any atom is -0.466 e. The summed E-state index contributed by atoms with van der Waals surface area (Å²) in [4.78, 5) is 44.8. The van der Waals surface area contributed by atoms with Crippen molar-refractivity contribution < 1.29 is 19.1 Å². The van der Waals surface area contributed by atoms with Crippen molar-refractivity contribution >= 4 is 52.2 Å². The number of amides is 1. The van der Waals surface area contributed by atoms with Crippen LogP contribution in [-0.2, 0) is 24.5 Å². The molecule has 1 aliphatic carbocycles. The van der Waals surface area contributed by atoms with Gasteiger partial charge in [0, 0.05) is 36.0 Å². The first-order chi connectivity index (χ1) is 17.0. The second kappa shape index (κ2) is 8.11. The number of ketones is 1. The number of nitrogens with zero attached hydrogens (tertiary/aromatic N) is 2. The fraction of sp³-hybridized carbons (Fsp3) is 0.296. The Morgan fingerprint density at radius 1 is 1.03 bits per heavy atom. The Labute approximate surface area is 219 Å². The molecule has 5 rings (SSSR count). The summed E-state index contributed by atoms with van der Waals surface area (Å²) in [6.45, 7) is 3.96. The van der Waals surface area contributed by atoms with Gasteiger partial charge in [-0.2, -0.15) is 0 Å². The van der Waals surface area contributed by atoms with Crippen LogP contribution >= 0.6 is 23.2 Å². The van der Waals surface area contributed by atoms with Gasteiger partial charge < -0.3 is 15.4 Å². The summed E-state index contributed by atoms with van der Waals surface area (Å²) >= 11 is 13.0. The summed E-state index contributed by atoms with van der Waals surface area (Å²) < 4.78 is 5.17. The third-order valence-corrected chi connectivity index (χ3v) is 8.03. The highest BCUT2D eigenvalue weighted by atomic mass is 35.5. The average molecular weight is 526 g/mol. The topological polar surface area (TPSA) is 92.9 Å². The minimum absolute atomic E-state index is 0.0336. The number of benzene rings is 2. The molecule has 2 N–H and O–H groups in total. The third-order valence-electron chi connectivity index (χ3n) is 7.23. The van der Waals surface area contributed by atoms with Gasteiger partial charge in [0.2, 0.25) is 5.91 Å². The van der Waals surface area contributed by atoms with Crippen LogP contribution in [0.2, 0.25) is 10.0 Å². The SMILES string of the molecule is COC(=O)C1=C(N)N(c2cccc(Cl)c2Cl)C2=C(C(=O)CC(C)(C)C2)C12C(=O)N(C)c1ccccc12. The lowest BCUT2D eigenvalue weighted by Crippen LogP contribution is -2.55. The number of rotatable bonds is 2. The smallest absolute Gasteiger partial charge is 0.339 e. The van der Waals surface area contributed by atoms with E-state index in [0.29, 0.717) is 29.1 Å². The molecular weight excluding hydrogens is 501 g/mol. The molecule has 2 aromatic carbocycles. The van der Waals surface area contributed by atoms with Gasteiger partial charge in [-0.1, -0.05) is 61.3 Å². The Kier molecular flexibility index (Phi) is 5.50. The van der Waals surface area contributed by atoms with Gasteiger partial charge in [0.05, 0.1) is 22.8 Å². The molecule has 0 radical (unpaired) electrons. The van der Waals surface area contributed by atoms with Crippen LogP contribution in [0.5, 0.6) is 0 Å². The monoisotopic (exact) mass is 525 g/mol. The number of para-hydroxylation sites is 1. The molecule has 2 aliphatic heterocycles. The van der Waals surface area contributed by atoms with Crippen molar-refractivity contribution in [2.24, 2.45) is 11.1 Å². The van der Waals surface area contributed by atoms with Crippen LogP contribution in [0.1, 0.15) is 32.3 Å². The van der Waals surface area contributed by atoms with Gasteiger partial charge in [-0.05, 0) is 30.0 Å². The standard InChI is InChI=1S/C27H25Cl2N3O4/c1-26(2)12-18-20(19(33)13-26)27(14-8-5-6-10-16(14)31(3)25(27)35)21(24(34)36-4)23(30)32(18)17-11-7-9-15(28)22(17)29/h5-11H,12-13,30H2,1-4H3. The summed E-state index contributed by atoms with van der Waals surface area (Å²) in [5.41, 5.74) is 6.75. The molecule has 2 heterocycles. The molecule has 1 unspecified atom stereocenters. The first-order valence-electron chi connectivity index (χ1n) is 11.4. The van der Waals surface area contributed by atoms with Crippen molar-refractivity contribution in [2.45, 2.75) is 32.1 Å². The van der Waals surface area contributed by atoms with E-state index in [-0.39, 0.29) is 39.2 Å². The van der Waals surface area contributed by atoms with Gasteiger partial charge in [0.25, 0.3) is 0 Å². The Hall–Kier alpha value is -3.29. The molecule has 9 heteroatoms. The summed E-state index contributed by atoms with van der Waals surface area (Å²) in [5.74, 6) is -1.52. The Morgan fingerprint density at radius 2 is 1.69 bits per heavy atom. The maximum atomic E-state index is 14.2. The molecule has 0 fully saturated rings. The Bertz CT molecular complexity index is 1430. The molecule has 186 valence electrons. The van der Waals surface area contributed by atoms with Crippen LogP contribution in [-0.4, -0.2) is 31.8 Å². The Morgan fingerprint density at radius 3 is 2.39 bits per heavy atom. The number of allylic oxidation sites excluding steroid dienone is 1. The predicted octanol–water partition coefficient (Wildman–Crippen LogP) is 4.71. The van der Waals surface area contributed by atoms with E-state index in [1.165, 1.54) is 12.0 Å². The molecule has 7 nitrogen and oxygen atoms in total. The molecule has 1 amide bonds. The number of carbonyl (C=O) groups is 3. The zero-order valence-corrected chi connectivity index (χ0v) is 21.8. The van der Waals surface area contributed by atoms with Crippen molar-refractivity contribution in [3.8, 4) is 0 Å². The number of esters is 1. The lowest BCUT2D eigenvalue weighted by atomic mass is 9.60. The lowest BCUT2D eigenvalue weighted by Gasteiger charge is -2.47. The summed E-state index contributed by atoms with van der Waals surface area (Å²) in [6.07, 6.45) is 0.602. The normalized spacial score (nSPS) is 22.8. The maximum absolute atomic E-state index is 14.2. The molecule has 1 spiro atoms. The number of fused-ring (bicyclic) bond motifs is 3. The number of ether oxygens (including phenoxy) is 1. The molecule has 0 bridgehead atoms. The zero-order valence-electron chi connectivity index (χ0n) is 20.3. The van der Waals surface area contributed by atoms with Crippen LogP contribution in [0.15, 0.2) is 65.1 Å². The van der Waals surface area contributed by atoms with Crippen molar-refractivity contribution in [3.63, 3.8) is 0 Å². The molecule has 0 saturated carbocycles. The van der Waals surface area contributed by atoms with E-state index in [2.05, 4.69) is 0 Å². The van der Waals surface area contributed by atoms with Crippen LogP contribution in [0, 0.1) is 5.41 Å². The quantitative estimate of drug-likeness (QED) is 0.570. The molecule has 3 aliphatic rings. The van der Waals surface area contributed by atoms with Crippen molar-refractivity contribution in [1.82, 2.24) is 0 Å². The first kappa shape index (κ1) is 24.4. The van der Waals surface area contributed by atoms with Gasteiger partial charge in [-0.25, -0.2) is 4.79 Å². The van der Waals surface area contributed by atoms with E-state index in [1.54, 1.807) is 54.4 Å². The van der Waals surface area contributed by atoms with Gasteiger partial charge in [0.15, 0.2) is 5.78 Å². The van der Waals surface area contributed by atoms with Crippen molar-refractivity contribution in [1.29, 1.82) is 0 Å². The van der Waals surface area contributed by atoms with E-state index in [1.807, 2.05) is 13.8 Å². The largest absolute Gasteiger partial charge is 0.466 e. The van der Waals surface area contributed by atoms with Crippen LogP contribution in [0.4, 0.5) is 11.4 Å². The summed E-state index contributed by atoms with van der Waals surface area (Å²) in [7, 11) is 2.84. The molecule has 0 aromatic heterocycles. The second-order valence-corrected chi connectivity index (χ2v) is 10.8. The number of hydrogen-bond donors (Lipinski definition) is 1.